The predicted molar refractivity (Wildman–Crippen MR) is 53.4 cm³/mol. The molecule has 1 saturated heterocycles. The molecule has 0 N–H and O–H groups in total. The number of halogens is 1. The standard InChI is InChI=1S/C7H15IN2O/c1-9(11-2)7-3-5-10(8)6-4-7/h7H,3-6H2,1-2H3. The largest absolute Gasteiger partial charge is 0.302 e. The van der Waals surface area contributed by atoms with Gasteiger partial charge in [-0.25, -0.2) is 3.11 Å². The van der Waals surface area contributed by atoms with Gasteiger partial charge < -0.3 is 4.84 Å². The Morgan fingerprint density at radius 3 is 2.45 bits per heavy atom. The molecule has 0 aliphatic carbocycles. The molecule has 4 heteroatoms. The van der Waals surface area contributed by atoms with Crippen LogP contribution in [0.2, 0.25) is 0 Å². The lowest BCUT2D eigenvalue weighted by Gasteiger charge is -2.32. The van der Waals surface area contributed by atoms with Crippen molar-refractivity contribution >= 4 is 22.9 Å². The summed E-state index contributed by atoms with van der Waals surface area (Å²) in [6, 6.07) is 0.617. The highest BCUT2D eigenvalue weighted by Gasteiger charge is 2.20. The first-order valence-corrected chi connectivity index (χ1v) is 4.88. The Bertz CT molecular complexity index is 115. The monoisotopic (exact) mass is 270 g/mol. The number of rotatable bonds is 2. The summed E-state index contributed by atoms with van der Waals surface area (Å²) in [5.74, 6) is 0. The van der Waals surface area contributed by atoms with E-state index >= 15 is 0 Å². The molecule has 66 valence electrons. The van der Waals surface area contributed by atoms with Crippen LogP contribution >= 0.6 is 22.9 Å². The van der Waals surface area contributed by atoms with Crippen LogP contribution < -0.4 is 0 Å². The van der Waals surface area contributed by atoms with Crippen molar-refractivity contribution in [3.05, 3.63) is 0 Å². The highest BCUT2D eigenvalue weighted by molar-refractivity contribution is 14.1. The molecule has 0 spiro atoms. The Hall–Kier alpha value is 0.610. The molecular formula is C7H15IN2O. The van der Waals surface area contributed by atoms with E-state index in [2.05, 4.69) is 26.0 Å². The van der Waals surface area contributed by atoms with E-state index < -0.39 is 0 Å². The third-order valence-corrected chi connectivity index (χ3v) is 3.18. The number of piperidine rings is 1. The first kappa shape index (κ1) is 9.70. The first-order chi connectivity index (χ1) is 5.24. The minimum absolute atomic E-state index is 0.617. The van der Waals surface area contributed by atoms with E-state index in [9.17, 15) is 0 Å². The molecule has 11 heavy (non-hydrogen) atoms. The van der Waals surface area contributed by atoms with Crippen LogP contribution in [0.4, 0.5) is 0 Å². The van der Waals surface area contributed by atoms with Gasteiger partial charge >= 0.3 is 0 Å². The highest BCUT2D eigenvalue weighted by atomic mass is 127. The zero-order chi connectivity index (χ0) is 8.27. The Labute approximate surface area is 82.1 Å². The molecule has 0 unspecified atom stereocenters. The topological polar surface area (TPSA) is 15.7 Å². The molecule has 0 atom stereocenters. The fraction of sp³-hybridized carbons (Fsp3) is 1.00. The average molecular weight is 270 g/mol. The summed E-state index contributed by atoms with van der Waals surface area (Å²) in [5, 5.41) is 1.96. The van der Waals surface area contributed by atoms with Crippen molar-refractivity contribution in [2.75, 3.05) is 27.2 Å². The molecule has 1 fully saturated rings. The van der Waals surface area contributed by atoms with Crippen LogP contribution in [0.1, 0.15) is 12.8 Å². The SMILES string of the molecule is CON(C)C1CCN(I)CC1. The summed E-state index contributed by atoms with van der Waals surface area (Å²) in [4.78, 5) is 5.14. The third-order valence-electron chi connectivity index (χ3n) is 2.21. The first-order valence-electron chi connectivity index (χ1n) is 3.91. The van der Waals surface area contributed by atoms with Gasteiger partial charge in [-0.3, -0.25) is 0 Å². The smallest absolute Gasteiger partial charge is 0.0575 e. The Balaban J connectivity index is 2.27. The molecule has 0 bridgehead atoms. The van der Waals surface area contributed by atoms with Gasteiger partial charge in [0.15, 0.2) is 0 Å². The predicted octanol–water partition coefficient (Wildman–Crippen LogP) is 1.29. The minimum atomic E-state index is 0.617. The molecule has 0 aromatic carbocycles. The van der Waals surface area contributed by atoms with Crippen molar-refractivity contribution in [1.29, 1.82) is 0 Å². The van der Waals surface area contributed by atoms with Crippen LogP contribution in [-0.2, 0) is 4.84 Å². The zero-order valence-corrected chi connectivity index (χ0v) is 9.24. The minimum Gasteiger partial charge on any atom is -0.302 e. The summed E-state index contributed by atoms with van der Waals surface area (Å²) in [6.45, 7) is 2.36. The van der Waals surface area contributed by atoms with Crippen molar-refractivity contribution in [1.82, 2.24) is 8.18 Å². The Morgan fingerprint density at radius 1 is 1.45 bits per heavy atom. The van der Waals surface area contributed by atoms with Crippen molar-refractivity contribution in [3.63, 3.8) is 0 Å². The van der Waals surface area contributed by atoms with Gasteiger partial charge in [0.1, 0.15) is 0 Å². The molecular weight excluding hydrogens is 255 g/mol. The maximum atomic E-state index is 5.14. The van der Waals surface area contributed by atoms with Gasteiger partial charge in [-0.2, -0.15) is 5.06 Å². The lowest BCUT2D eigenvalue weighted by molar-refractivity contribution is -0.147. The third kappa shape index (κ3) is 2.85. The lowest BCUT2D eigenvalue weighted by Crippen LogP contribution is -2.39. The van der Waals surface area contributed by atoms with Crippen LogP contribution in [0.3, 0.4) is 0 Å². The summed E-state index contributed by atoms with van der Waals surface area (Å²) < 4.78 is 2.33. The van der Waals surface area contributed by atoms with Crippen molar-refractivity contribution in [3.8, 4) is 0 Å². The molecule has 1 rings (SSSR count). The van der Waals surface area contributed by atoms with Gasteiger partial charge in [0.25, 0.3) is 0 Å². The number of hydroxylamine groups is 2. The fourth-order valence-electron chi connectivity index (χ4n) is 1.35. The molecule has 0 amide bonds. The van der Waals surface area contributed by atoms with E-state index in [4.69, 9.17) is 4.84 Å². The second-order valence-corrected chi connectivity index (χ2v) is 4.23. The summed E-state index contributed by atoms with van der Waals surface area (Å²) in [7, 11) is 3.74. The number of hydrogen-bond acceptors (Lipinski definition) is 3. The maximum Gasteiger partial charge on any atom is 0.0575 e. The van der Waals surface area contributed by atoms with Gasteiger partial charge in [0.2, 0.25) is 0 Å². The zero-order valence-electron chi connectivity index (χ0n) is 7.09. The van der Waals surface area contributed by atoms with E-state index in [1.54, 1.807) is 7.11 Å². The van der Waals surface area contributed by atoms with Crippen molar-refractivity contribution in [2.24, 2.45) is 0 Å². The lowest BCUT2D eigenvalue weighted by atomic mass is 10.1. The van der Waals surface area contributed by atoms with Crippen LogP contribution in [0.15, 0.2) is 0 Å². The molecule has 1 heterocycles. The van der Waals surface area contributed by atoms with Gasteiger partial charge in [-0.1, -0.05) is 0 Å². The average Bonchev–Trinajstić information content (AvgIpc) is 2.05. The second kappa shape index (κ2) is 4.59. The van der Waals surface area contributed by atoms with E-state index in [0.29, 0.717) is 6.04 Å². The summed E-state index contributed by atoms with van der Waals surface area (Å²) >= 11 is 2.38. The second-order valence-electron chi connectivity index (χ2n) is 2.87. The van der Waals surface area contributed by atoms with Crippen LogP contribution in [0.25, 0.3) is 0 Å². The Morgan fingerprint density at radius 2 is 2.00 bits per heavy atom. The van der Waals surface area contributed by atoms with Gasteiger partial charge in [0, 0.05) is 49.0 Å². The van der Waals surface area contributed by atoms with Crippen LogP contribution in [-0.4, -0.2) is 41.5 Å². The van der Waals surface area contributed by atoms with E-state index in [0.717, 1.165) is 0 Å². The maximum absolute atomic E-state index is 5.14. The molecule has 3 nitrogen and oxygen atoms in total. The van der Waals surface area contributed by atoms with E-state index in [1.807, 2.05) is 12.1 Å². The molecule has 0 aromatic rings. The normalized spacial score (nSPS) is 22.9. The molecule has 0 radical (unpaired) electrons. The van der Waals surface area contributed by atoms with Crippen molar-refractivity contribution in [2.45, 2.75) is 18.9 Å². The van der Waals surface area contributed by atoms with Crippen molar-refractivity contribution < 1.29 is 4.84 Å². The number of hydrogen-bond donors (Lipinski definition) is 0. The van der Waals surface area contributed by atoms with Gasteiger partial charge in [-0.15, -0.1) is 0 Å². The molecule has 1 aliphatic rings. The van der Waals surface area contributed by atoms with E-state index in [-0.39, 0.29) is 0 Å². The quantitative estimate of drug-likeness (QED) is 0.427. The van der Waals surface area contributed by atoms with Gasteiger partial charge in [-0.05, 0) is 12.8 Å². The molecule has 0 aromatic heterocycles. The van der Waals surface area contributed by atoms with Crippen LogP contribution in [0, 0.1) is 0 Å². The van der Waals surface area contributed by atoms with Gasteiger partial charge in [0.05, 0.1) is 7.11 Å². The highest BCUT2D eigenvalue weighted by Crippen LogP contribution is 2.17. The summed E-state index contributed by atoms with van der Waals surface area (Å²) in [5.41, 5.74) is 0. The summed E-state index contributed by atoms with van der Waals surface area (Å²) in [6.07, 6.45) is 2.43. The van der Waals surface area contributed by atoms with Crippen LogP contribution in [0.5, 0.6) is 0 Å². The van der Waals surface area contributed by atoms with E-state index in [1.165, 1.54) is 25.9 Å². The Kier molecular flexibility index (Phi) is 4.05. The fourth-order valence-corrected chi connectivity index (χ4v) is 1.90. The molecule has 0 saturated carbocycles. The number of nitrogens with zero attached hydrogens (tertiary/aromatic N) is 2. The molecule has 1 aliphatic heterocycles.